The van der Waals surface area contributed by atoms with Crippen LogP contribution in [0.3, 0.4) is 0 Å². The molecule has 1 amide bonds. The lowest BCUT2D eigenvalue weighted by molar-refractivity contribution is -0.121. The van der Waals surface area contributed by atoms with Crippen molar-refractivity contribution in [2.75, 3.05) is 21.3 Å². The molecular formula is C29H32FN3O5. The van der Waals surface area contributed by atoms with E-state index in [9.17, 15) is 14.0 Å². The SMILES string of the molecule is COc1cc(CC(=O)NC(N)=N[C@H](Cc2ccccc2)C(=O)CCc2ccc(F)c(OC)c2)cc(OC)c1. The molecule has 0 fully saturated rings. The average Bonchev–Trinajstić information content (AvgIpc) is 2.92. The molecule has 38 heavy (non-hydrogen) atoms. The molecule has 0 aliphatic rings. The number of ether oxygens (including phenoxy) is 3. The summed E-state index contributed by atoms with van der Waals surface area (Å²) in [7, 11) is 4.44. The van der Waals surface area contributed by atoms with Gasteiger partial charge in [-0.15, -0.1) is 0 Å². The van der Waals surface area contributed by atoms with Crippen LogP contribution >= 0.6 is 0 Å². The molecule has 1 atom stereocenters. The first-order chi connectivity index (χ1) is 18.3. The Bertz CT molecular complexity index is 1260. The second kappa shape index (κ2) is 13.8. The fourth-order valence-corrected chi connectivity index (χ4v) is 3.90. The third-order valence-corrected chi connectivity index (χ3v) is 5.86. The van der Waals surface area contributed by atoms with Crippen LogP contribution in [0.2, 0.25) is 0 Å². The maximum atomic E-state index is 13.7. The third kappa shape index (κ3) is 8.33. The predicted molar refractivity (Wildman–Crippen MR) is 143 cm³/mol. The minimum atomic E-state index is -0.808. The van der Waals surface area contributed by atoms with Gasteiger partial charge in [0.15, 0.2) is 23.3 Å². The Balaban J connectivity index is 1.71. The van der Waals surface area contributed by atoms with Gasteiger partial charge in [-0.3, -0.25) is 14.9 Å². The zero-order valence-electron chi connectivity index (χ0n) is 21.7. The van der Waals surface area contributed by atoms with E-state index in [2.05, 4.69) is 10.3 Å². The van der Waals surface area contributed by atoms with E-state index in [1.807, 2.05) is 30.3 Å². The molecule has 3 aromatic rings. The highest BCUT2D eigenvalue weighted by molar-refractivity contribution is 5.98. The van der Waals surface area contributed by atoms with Crippen LogP contribution in [0.4, 0.5) is 4.39 Å². The number of carbonyl (C=O) groups excluding carboxylic acids is 2. The Morgan fingerprint density at radius 3 is 2.21 bits per heavy atom. The van der Waals surface area contributed by atoms with Gasteiger partial charge < -0.3 is 19.9 Å². The number of nitrogens with two attached hydrogens (primary N) is 1. The van der Waals surface area contributed by atoms with E-state index in [1.165, 1.54) is 27.4 Å². The van der Waals surface area contributed by atoms with Crippen molar-refractivity contribution in [1.29, 1.82) is 0 Å². The van der Waals surface area contributed by atoms with Crippen LogP contribution in [0.5, 0.6) is 17.2 Å². The number of hydrogen-bond acceptors (Lipinski definition) is 6. The van der Waals surface area contributed by atoms with Crippen LogP contribution in [0.1, 0.15) is 23.1 Å². The summed E-state index contributed by atoms with van der Waals surface area (Å²) in [5, 5.41) is 2.57. The van der Waals surface area contributed by atoms with Gasteiger partial charge in [-0.2, -0.15) is 0 Å². The van der Waals surface area contributed by atoms with Gasteiger partial charge in [0.05, 0.1) is 27.8 Å². The van der Waals surface area contributed by atoms with Gasteiger partial charge in [0.2, 0.25) is 5.91 Å². The van der Waals surface area contributed by atoms with E-state index in [0.29, 0.717) is 29.9 Å². The summed E-state index contributed by atoms with van der Waals surface area (Å²) in [6.45, 7) is 0. The van der Waals surface area contributed by atoms with Crippen molar-refractivity contribution < 1.29 is 28.2 Å². The molecule has 3 N–H and O–H groups in total. The first-order valence-corrected chi connectivity index (χ1v) is 12.1. The Hall–Kier alpha value is -4.40. The van der Waals surface area contributed by atoms with Crippen LogP contribution in [0, 0.1) is 5.82 Å². The molecule has 0 saturated heterocycles. The van der Waals surface area contributed by atoms with E-state index in [0.717, 1.165) is 11.1 Å². The quantitative estimate of drug-likeness (QED) is 0.278. The lowest BCUT2D eigenvalue weighted by Gasteiger charge is -2.14. The molecule has 0 unspecified atom stereocenters. The topological polar surface area (TPSA) is 112 Å². The van der Waals surface area contributed by atoms with Crippen molar-refractivity contribution in [2.45, 2.75) is 31.7 Å². The fraction of sp³-hybridized carbons (Fsp3) is 0.276. The van der Waals surface area contributed by atoms with E-state index in [4.69, 9.17) is 19.9 Å². The molecule has 0 saturated carbocycles. The van der Waals surface area contributed by atoms with E-state index in [1.54, 1.807) is 30.3 Å². The number of hydrogen-bond donors (Lipinski definition) is 2. The summed E-state index contributed by atoms with van der Waals surface area (Å²) in [5.74, 6) is 0.0574. The Kier molecular flexibility index (Phi) is 10.2. The van der Waals surface area contributed by atoms with Crippen molar-refractivity contribution in [3.63, 3.8) is 0 Å². The van der Waals surface area contributed by atoms with Gasteiger partial charge >= 0.3 is 0 Å². The second-order valence-corrected chi connectivity index (χ2v) is 8.60. The Morgan fingerprint density at radius 2 is 1.58 bits per heavy atom. The summed E-state index contributed by atoms with van der Waals surface area (Å²) in [4.78, 5) is 30.2. The number of aryl methyl sites for hydroxylation is 1. The molecule has 3 rings (SSSR count). The average molecular weight is 522 g/mol. The third-order valence-electron chi connectivity index (χ3n) is 5.86. The molecule has 0 bridgehead atoms. The monoisotopic (exact) mass is 521 g/mol. The summed E-state index contributed by atoms with van der Waals surface area (Å²) in [6, 6.07) is 18.3. The molecule has 0 aliphatic carbocycles. The molecule has 0 heterocycles. The van der Waals surface area contributed by atoms with E-state index >= 15 is 0 Å². The standard InChI is InChI=1S/C29H32FN3O5/c1-36-22-13-21(14-23(18-22)37-2)17-28(35)33-29(31)32-25(15-19-7-5-4-6-8-19)26(34)12-10-20-9-11-24(30)27(16-20)38-3/h4-9,11,13-14,16,18,25H,10,12,15,17H2,1-3H3,(H3,31,32,33,35)/t25-/m1/s1. The minimum Gasteiger partial charge on any atom is -0.497 e. The predicted octanol–water partition coefficient (Wildman–Crippen LogP) is 3.64. The van der Waals surface area contributed by atoms with Crippen molar-refractivity contribution in [3.05, 3.63) is 89.2 Å². The van der Waals surface area contributed by atoms with Crippen molar-refractivity contribution >= 4 is 17.6 Å². The van der Waals surface area contributed by atoms with Crippen LogP contribution in [0.25, 0.3) is 0 Å². The Morgan fingerprint density at radius 1 is 0.895 bits per heavy atom. The molecule has 9 heteroatoms. The number of halogens is 1. The summed E-state index contributed by atoms with van der Waals surface area (Å²) in [6.07, 6.45) is 0.852. The largest absolute Gasteiger partial charge is 0.497 e. The molecule has 3 aromatic carbocycles. The molecule has 200 valence electrons. The van der Waals surface area contributed by atoms with Crippen LogP contribution in [-0.4, -0.2) is 45.0 Å². The number of methoxy groups -OCH3 is 3. The highest BCUT2D eigenvalue weighted by Gasteiger charge is 2.20. The van der Waals surface area contributed by atoms with E-state index in [-0.39, 0.29) is 30.3 Å². The molecule has 0 aromatic heterocycles. The van der Waals surface area contributed by atoms with Crippen LogP contribution in [0.15, 0.2) is 71.7 Å². The summed E-state index contributed by atoms with van der Waals surface area (Å²) < 4.78 is 29.2. The zero-order chi connectivity index (χ0) is 27.5. The van der Waals surface area contributed by atoms with Gasteiger partial charge in [-0.25, -0.2) is 9.38 Å². The van der Waals surface area contributed by atoms with E-state index < -0.39 is 17.8 Å². The number of aliphatic imine (C=N–C) groups is 1. The lowest BCUT2D eigenvalue weighted by atomic mass is 9.98. The highest BCUT2D eigenvalue weighted by atomic mass is 19.1. The molecular weight excluding hydrogens is 489 g/mol. The number of nitrogens with one attached hydrogen (secondary N) is 1. The normalized spacial score (nSPS) is 11.9. The van der Waals surface area contributed by atoms with Gasteiger partial charge in [0.1, 0.15) is 17.5 Å². The summed E-state index contributed by atoms with van der Waals surface area (Å²) in [5.41, 5.74) is 8.38. The number of amides is 1. The number of Topliss-reactive ketones (excluding diaryl/α,β-unsaturated/α-hetero) is 1. The zero-order valence-corrected chi connectivity index (χ0v) is 21.7. The number of carbonyl (C=O) groups is 2. The first-order valence-electron chi connectivity index (χ1n) is 12.1. The molecule has 0 aliphatic heterocycles. The number of nitrogens with zero attached hydrogens (tertiary/aromatic N) is 1. The molecule has 0 spiro atoms. The van der Waals surface area contributed by atoms with Crippen molar-refractivity contribution in [1.82, 2.24) is 5.32 Å². The van der Waals surface area contributed by atoms with Crippen molar-refractivity contribution in [3.8, 4) is 17.2 Å². The molecule has 8 nitrogen and oxygen atoms in total. The first kappa shape index (κ1) is 28.2. The fourth-order valence-electron chi connectivity index (χ4n) is 3.90. The van der Waals surface area contributed by atoms with Gasteiger partial charge in [-0.1, -0.05) is 36.4 Å². The minimum absolute atomic E-state index is 0.00742. The Labute approximate surface area is 221 Å². The molecule has 0 radical (unpaired) electrons. The highest BCUT2D eigenvalue weighted by Crippen LogP contribution is 2.23. The summed E-state index contributed by atoms with van der Waals surface area (Å²) >= 11 is 0. The van der Waals surface area contributed by atoms with Gasteiger partial charge in [0, 0.05) is 18.9 Å². The number of benzene rings is 3. The van der Waals surface area contributed by atoms with Crippen molar-refractivity contribution in [2.24, 2.45) is 10.7 Å². The second-order valence-electron chi connectivity index (χ2n) is 8.60. The maximum Gasteiger partial charge on any atom is 0.231 e. The number of rotatable bonds is 12. The van der Waals surface area contributed by atoms with Gasteiger partial charge in [-0.05, 0) is 47.4 Å². The maximum absolute atomic E-state index is 13.7. The van der Waals surface area contributed by atoms with Crippen LogP contribution < -0.4 is 25.3 Å². The lowest BCUT2D eigenvalue weighted by Crippen LogP contribution is -2.40. The van der Waals surface area contributed by atoms with Crippen LogP contribution in [-0.2, 0) is 28.9 Å². The number of ketones is 1. The van der Waals surface area contributed by atoms with Gasteiger partial charge in [0.25, 0.3) is 0 Å². The smallest absolute Gasteiger partial charge is 0.231 e. The number of guanidine groups is 1.